The molecular weight excluding hydrogens is 423 g/mol. The second-order valence-corrected chi connectivity index (χ2v) is 7.85. The molecule has 0 saturated heterocycles. The number of amides is 1. The molecule has 0 radical (unpaired) electrons. The average molecular weight is 446 g/mol. The van der Waals surface area contributed by atoms with E-state index in [1.54, 1.807) is 19.1 Å². The second-order valence-electron chi connectivity index (χ2n) is 7.85. The monoisotopic (exact) mass is 446 g/mol. The van der Waals surface area contributed by atoms with Crippen molar-refractivity contribution in [2.24, 2.45) is 5.16 Å². The van der Waals surface area contributed by atoms with Gasteiger partial charge in [0.1, 0.15) is 11.6 Å². The van der Waals surface area contributed by atoms with Gasteiger partial charge in [-0.25, -0.2) is 4.39 Å². The number of hydrogen-bond donors (Lipinski definition) is 2. The molecule has 33 heavy (non-hydrogen) atoms. The van der Waals surface area contributed by atoms with Crippen molar-refractivity contribution in [1.29, 1.82) is 0 Å². The van der Waals surface area contributed by atoms with Crippen LogP contribution in [-0.4, -0.2) is 28.7 Å². The third-order valence-electron chi connectivity index (χ3n) is 5.76. The van der Waals surface area contributed by atoms with Gasteiger partial charge < -0.3 is 20.0 Å². The van der Waals surface area contributed by atoms with E-state index in [1.165, 1.54) is 17.0 Å². The van der Waals surface area contributed by atoms with Crippen LogP contribution in [0, 0.1) is 19.7 Å². The van der Waals surface area contributed by atoms with Gasteiger partial charge in [0.15, 0.2) is 12.5 Å². The van der Waals surface area contributed by atoms with Crippen molar-refractivity contribution in [2.45, 2.75) is 20.4 Å². The van der Waals surface area contributed by atoms with E-state index in [1.807, 2.05) is 37.3 Å². The lowest BCUT2D eigenvalue weighted by molar-refractivity contribution is -0.112. The first kappa shape index (κ1) is 22.2. The number of nitrogens with zero attached hydrogens (tertiary/aromatic N) is 2. The van der Waals surface area contributed by atoms with Crippen molar-refractivity contribution in [1.82, 2.24) is 0 Å². The lowest BCUT2D eigenvalue weighted by Gasteiger charge is -2.20. The Balaban J connectivity index is 1.75. The lowest BCUT2D eigenvalue weighted by atomic mass is 9.94. The number of benzene rings is 3. The summed E-state index contributed by atoms with van der Waals surface area (Å²) in [5.41, 5.74) is 5.33. The Hall–Kier alpha value is -3.97. The summed E-state index contributed by atoms with van der Waals surface area (Å²) < 4.78 is 19.4. The number of aliphatic hydroxyl groups is 1. The van der Waals surface area contributed by atoms with Crippen LogP contribution in [-0.2, 0) is 11.3 Å². The van der Waals surface area contributed by atoms with Crippen LogP contribution in [0.1, 0.15) is 33.4 Å². The highest BCUT2D eigenvalue weighted by molar-refractivity contribution is 6.54. The normalized spacial score (nSPS) is 14.0. The molecule has 0 saturated carbocycles. The van der Waals surface area contributed by atoms with Crippen LogP contribution in [0.25, 0.3) is 5.57 Å². The average Bonchev–Trinajstić information content (AvgIpc) is 3.05. The summed E-state index contributed by atoms with van der Waals surface area (Å²) in [6.07, 6.45) is 0. The van der Waals surface area contributed by atoms with Gasteiger partial charge in [-0.05, 0) is 65.9 Å². The molecule has 0 bridgehead atoms. The number of carbonyl (C=O) groups excluding carboxylic acids is 1. The number of carbonyl (C=O) groups is 1. The Bertz CT molecular complexity index is 1300. The summed E-state index contributed by atoms with van der Waals surface area (Å²) in [7, 11) is 0. The van der Waals surface area contributed by atoms with Crippen molar-refractivity contribution in [3.05, 3.63) is 100 Å². The molecule has 0 atom stereocenters. The second kappa shape index (κ2) is 8.88. The van der Waals surface area contributed by atoms with Crippen LogP contribution >= 0.6 is 0 Å². The number of anilines is 1. The van der Waals surface area contributed by atoms with Crippen LogP contribution in [0.15, 0.2) is 66.3 Å². The number of aliphatic hydroxyl groups excluding tert-OH is 1. The Kier molecular flexibility index (Phi) is 5.98. The van der Waals surface area contributed by atoms with E-state index in [9.17, 15) is 19.5 Å². The number of hydrogen-bond acceptors (Lipinski definition) is 5. The minimum atomic E-state index is -0.586. The van der Waals surface area contributed by atoms with E-state index >= 15 is 0 Å². The van der Waals surface area contributed by atoms with Gasteiger partial charge >= 0.3 is 0 Å². The zero-order chi connectivity index (χ0) is 23.7. The SMILES string of the molecule is C=C(c1ccc2c(c1)/C(=N/O)C(=O)N2Cc1cc(F)cc(C)c1OCO)c1ccccc1C. The molecule has 1 amide bonds. The summed E-state index contributed by atoms with van der Waals surface area (Å²) in [6, 6.07) is 15.7. The Morgan fingerprint density at radius 1 is 1.12 bits per heavy atom. The highest BCUT2D eigenvalue weighted by atomic mass is 19.1. The third kappa shape index (κ3) is 3.99. The van der Waals surface area contributed by atoms with Crippen LogP contribution in [0.4, 0.5) is 10.1 Å². The lowest BCUT2D eigenvalue weighted by Crippen LogP contribution is -2.30. The number of aryl methyl sites for hydroxylation is 2. The Morgan fingerprint density at radius 3 is 2.58 bits per heavy atom. The van der Waals surface area contributed by atoms with Gasteiger partial charge in [-0.3, -0.25) is 4.79 Å². The van der Waals surface area contributed by atoms with Crippen molar-refractivity contribution in [2.75, 3.05) is 11.7 Å². The molecule has 0 aliphatic carbocycles. The molecule has 0 unspecified atom stereocenters. The third-order valence-corrected chi connectivity index (χ3v) is 5.76. The highest BCUT2D eigenvalue weighted by Crippen LogP contribution is 2.36. The van der Waals surface area contributed by atoms with Gasteiger partial charge in [0.2, 0.25) is 0 Å². The quantitative estimate of drug-likeness (QED) is 0.330. The minimum Gasteiger partial charge on any atom is -0.467 e. The van der Waals surface area contributed by atoms with Crippen LogP contribution in [0.5, 0.6) is 5.75 Å². The molecule has 3 aromatic carbocycles. The van der Waals surface area contributed by atoms with Gasteiger partial charge in [0.25, 0.3) is 5.91 Å². The number of oxime groups is 1. The number of rotatable bonds is 6. The zero-order valence-corrected chi connectivity index (χ0v) is 18.3. The molecule has 7 heteroatoms. The minimum absolute atomic E-state index is 0.0309. The summed E-state index contributed by atoms with van der Waals surface area (Å²) in [4.78, 5) is 14.5. The van der Waals surface area contributed by atoms with Gasteiger partial charge in [-0.1, -0.05) is 42.1 Å². The van der Waals surface area contributed by atoms with E-state index in [4.69, 9.17) is 4.74 Å². The maximum Gasteiger partial charge on any atom is 0.281 e. The van der Waals surface area contributed by atoms with Gasteiger partial charge in [0.05, 0.1) is 12.2 Å². The van der Waals surface area contributed by atoms with Crippen molar-refractivity contribution >= 4 is 22.9 Å². The van der Waals surface area contributed by atoms with E-state index < -0.39 is 18.5 Å². The Morgan fingerprint density at radius 2 is 1.88 bits per heavy atom. The molecule has 4 rings (SSSR count). The van der Waals surface area contributed by atoms with Crippen LogP contribution in [0.2, 0.25) is 0 Å². The number of ether oxygens (including phenoxy) is 1. The van der Waals surface area contributed by atoms with Crippen LogP contribution in [0.3, 0.4) is 0 Å². The largest absolute Gasteiger partial charge is 0.467 e. The first-order chi connectivity index (χ1) is 15.8. The van der Waals surface area contributed by atoms with E-state index in [0.29, 0.717) is 28.1 Å². The van der Waals surface area contributed by atoms with Crippen molar-refractivity contribution in [3.63, 3.8) is 0 Å². The standard InChI is InChI=1S/C26H23FN2O4/c1-15-6-4-5-7-21(15)17(3)18-8-9-23-22(12-18)24(28-32)26(31)29(23)13-19-11-20(27)10-16(2)25(19)33-14-30/h4-12,30,32H,3,13-14H2,1-2H3/b28-24-. The molecule has 0 fully saturated rings. The highest BCUT2D eigenvalue weighted by Gasteiger charge is 2.35. The molecule has 1 heterocycles. The molecule has 1 aliphatic rings. The molecule has 0 aromatic heterocycles. The zero-order valence-electron chi connectivity index (χ0n) is 18.3. The van der Waals surface area contributed by atoms with E-state index in [2.05, 4.69) is 11.7 Å². The summed E-state index contributed by atoms with van der Waals surface area (Å²) in [5, 5.41) is 22.0. The fraction of sp³-hybridized carbons (Fsp3) is 0.154. The van der Waals surface area contributed by atoms with E-state index in [-0.39, 0.29) is 12.3 Å². The molecule has 2 N–H and O–H groups in total. The molecule has 6 nitrogen and oxygen atoms in total. The fourth-order valence-electron chi connectivity index (χ4n) is 4.18. The molecule has 168 valence electrons. The predicted molar refractivity (Wildman–Crippen MR) is 124 cm³/mol. The first-order valence-corrected chi connectivity index (χ1v) is 10.3. The maximum absolute atomic E-state index is 14.1. The fourth-order valence-corrected chi connectivity index (χ4v) is 4.18. The first-order valence-electron chi connectivity index (χ1n) is 10.3. The van der Waals surface area contributed by atoms with Crippen molar-refractivity contribution in [3.8, 4) is 5.75 Å². The molecule has 3 aromatic rings. The summed E-state index contributed by atoms with van der Waals surface area (Å²) >= 11 is 0. The molecule has 1 aliphatic heterocycles. The van der Waals surface area contributed by atoms with Gasteiger partial charge in [0, 0.05) is 11.1 Å². The summed E-state index contributed by atoms with van der Waals surface area (Å²) in [6.45, 7) is 7.24. The predicted octanol–water partition coefficient (Wildman–Crippen LogP) is 4.56. The topological polar surface area (TPSA) is 82.4 Å². The summed E-state index contributed by atoms with van der Waals surface area (Å²) in [5.74, 6) is -0.712. The Labute approximate surface area is 190 Å². The van der Waals surface area contributed by atoms with E-state index in [0.717, 1.165) is 22.3 Å². The van der Waals surface area contributed by atoms with Crippen LogP contribution < -0.4 is 9.64 Å². The number of fused-ring (bicyclic) bond motifs is 1. The number of halogens is 1. The molecule has 0 spiro atoms. The maximum atomic E-state index is 14.1. The molecular formula is C26H23FN2O4. The van der Waals surface area contributed by atoms with Gasteiger partial charge in [-0.2, -0.15) is 0 Å². The van der Waals surface area contributed by atoms with Gasteiger partial charge in [-0.15, -0.1) is 0 Å². The van der Waals surface area contributed by atoms with Crippen molar-refractivity contribution < 1.29 is 24.2 Å². The smallest absolute Gasteiger partial charge is 0.281 e.